The lowest BCUT2D eigenvalue weighted by Crippen LogP contribution is -2.37. The largest absolute Gasteiger partial charge is 0.465 e. The normalized spacial score (nSPS) is 27.8. The van der Waals surface area contributed by atoms with Gasteiger partial charge in [0.2, 0.25) is 5.91 Å². The van der Waals surface area contributed by atoms with Gasteiger partial charge in [-0.05, 0) is 54.9 Å². The van der Waals surface area contributed by atoms with Crippen LogP contribution in [0.15, 0.2) is 36.4 Å². The number of nitrogens with one attached hydrogen (secondary N) is 1. The second kappa shape index (κ2) is 5.22. The number of hydrogen-bond acceptors (Lipinski definition) is 3. The van der Waals surface area contributed by atoms with Crippen molar-refractivity contribution in [2.45, 2.75) is 33.1 Å². The van der Waals surface area contributed by atoms with Crippen LogP contribution in [0.3, 0.4) is 0 Å². The summed E-state index contributed by atoms with van der Waals surface area (Å²) in [5.41, 5.74) is 1.82. The molecule has 0 unspecified atom stereocenters. The van der Waals surface area contributed by atoms with E-state index in [0.717, 1.165) is 24.8 Å². The topological polar surface area (TPSA) is 55.4 Å². The molecule has 0 saturated heterocycles. The Bertz CT molecular complexity index is 674. The molecular weight excluding hydrogens is 290 g/mol. The molecule has 2 aliphatic rings. The molecule has 2 atom stereocenters. The van der Waals surface area contributed by atoms with Gasteiger partial charge in [-0.2, -0.15) is 0 Å². The van der Waals surface area contributed by atoms with Gasteiger partial charge >= 0.3 is 5.97 Å². The van der Waals surface area contributed by atoms with Crippen LogP contribution in [0.4, 0.5) is 5.69 Å². The molecule has 2 bridgehead atoms. The molecule has 1 N–H and O–H groups in total. The number of amides is 1. The van der Waals surface area contributed by atoms with Crippen LogP contribution >= 0.6 is 0 Å². The first-order valence-electron chi connectivity index (χ1n) is 8.01. The summed E-state index contributed by atoms with van der Waals surface area (Å²) in [5.74, 6) is 0.190. The standard InChI is InChI=1S/C19H23NO3/c1-12-18(2,3)14-9-10-19(12,11-14)17(22)20-15-7-5-13(6-8-15)16(21)23-4/h5-8,14H,1,9-11H2,2-4H3,(H,20,22)/t14-,19-/m1/s1. The van der Waals surface area contributed by atoms with Crippen molar-refractivity contribution in [3.05, 3.63) is 42.0 Å². The predicted molar refractivity (Wildman–Crippen MR) is 89.1 cm³/mol. The number of benzene rings is 1. The molecule has 0 heterocycles. The lowest BCUT2D eigenvalue weighted by atomic mass is 9.68. The van der Waals surface area contributed by atoms with E-state index in [1.165, 1.54) is 7.11 Å². The molecule has 0 aliphatic heterocycles. The van der Waals surface area contributed by atoms with E-state index in [-0.39, 0.29) is 17.3 Å². The minimum atomic E-state index is -0.435. The molecule has 1 aromatic carbocycles. The molecule has 0 radical (unpaired) electrons. The summed E-state index contributed by atoms with van der Waals surface area (Å²) >= 11 is 0. The average Bonchev–Trinajstić information content (AvgIpc) is 3.07. The smallest absolute Gasteiger partial charge is 0.337 e. The minimum Gasteiger partial charge on any atom is -0.465 e. The third-order valence-electron chi connectivity index (χ3n) is 5.89. The monoisotopic (exact) mass is 313 g/mol. The Morgan fingerprint density at radius 2 is 1.91 bits per heavy atom. The summed E-state index contributed by atoms with van der Waals surface area (Å²) in [4.78, 5) is 24.4. The molecule has 2 fully saturated rings. The van der Waals surface area contributed by atoms with E-state index in [1.54, 1.807) is 24.3 Å². The Morgan fingerprint density at radius 1 is 1.26 bits per heavy atom. The van der Waals surface area contributed by atoms with E-state index in [9.17, 15) is 9.59 Å². The Labute approximate surface area is 136 Å². The third kappa shape index (κ3) is 2.28. The second-order valence-corrected chi connectivity index (χ2v) is 7.25. The Hall–Kier alpha value is -2.10. The molecule has 2 saturated carbocycles. The Balaban J connectivity index is 1.78. The molecule has 23 heavy (non-hydrogen) atoms. The van der Waals surface area contributed by atoms with Crippen LogP contribution in [0, 0.1) is 16.7 Å². The van der Waals surface area contributed by atoms with E-state index < -0.39 is 5.41 Å². The van der Waals surface area contributed by atoms with Crippen molar-refractivity contribution in [3.8, 4) is 0 Å². The number of anilines is 1. The molecule has 0 spiro atoms. The molecule has 4 heteroatoms. The SMILES string of the molecule is C=C1C(C)(C)[C@@H]2CC[C@@]1(C(=O)Nc1ccc(C(=O)OC)cc1)C2. The highest BCUT2D eigenvalue weighted by Crippen LogP contribution is 2.65. The van der Waals surface area contributed by atoms with E-state index in [0.29, 0.717) is 17.2 Å². The Kier molecular flexibility index (Phi) is 3.58. The zero-order valence-electron chi connectivity index (χ0n) is 13.9. The maximum atomic E-state index is 12.9. The number of carbonyl (C=O) groups excluding carboxylic acids is 2. The Morgan fingerprint density at radius 3 is 2.43 bits per heavy atom. The summed E-state index contributed by atoms with van der Waals surface area (Å²) in [5, 5.41) is 3.00. The van der Waals surface area contributed by atoms with Crippen LogP contribution in [0.25, 0.3) is 0 Å². The summed E-state index contributed by atoms with van der Waals surface area (Å²) in [6.07, 6.45) is 2.86. The van der Waals surface area contributed by atoms with Gasteiger partial charge in [0, 0.05) is 5.69 Å². The summed E-state index contributed by atoms with van der Waals surface area (Å²) < 4.78 is 4.68. The first kappa shape index (κ1) is 15.8. The molecule has 2 aliphatic carbocycles. The average molecular weight is 313 g/mol. The van der Waals surface area contributed by atoms with Crippen molar-refractivity contribution in [2.24, 2.45) is 16.7 Å². The molecule has 122 valence electrons. The number of esters is 1. The van der Waals surface area contributed by atoms with Crippen molar-refractivity contribution in [1.82, 2.24) is 0 Å². The second-order valence-electron chi connectivity index (χ2n) is 7.25. The van der Waals surface area contributed by atoms with Crippen LogP contribution in [-0.2, 0) is 9.53 Å². The summed E-state index contributed by atoms with van der Waals surface area (Å²) in [7, 11) is 1.35. The highest BCUT2D eigenvalue weighted by atomic mass is 16.5. The first-order chi connectivity index (χ1) is 10.8. The van der Waals surface area contributed by atoms with Crippen molar-refractivity contribution < 1.29 is 14.3 Å². The van der Waals surface area contributed by atoms with Crippen LogP contribution < -0.4 is 5.32 Å². The summed E-state index contributed by atoms with van der Waals surface area (Å²) in [6.45, 7) is 8.64. The van der Waals surface area contributed by atoms with Crippen LogP contribution in [0.2, 0.25) is 0 Å². The van der Waals surface area contributed by atoms with Gasteiger partial charge in [0.1, 0.15) is 0 Å². The third-order valence-corrected chi connectivity index (χ3v) is 5.89. The van der Waals surface area contributed by atoms with E-state index in [1.807, 2.05) is 0 Å². The number of hydrogen-bond donors (Lipinski definition) is 1. The highest BCUT2D eigenvalue weighted by molar-refractivity contribution is 5.99. The molecular formula is C19H23NO3. The van der Waals surface area contributed by atoms with Crippen molar-refractivity contribution in [1.29, 1.82) is 0 Å². The van der Waals surface area contributed by atoms with E-state index in [2.05, 4.69) is 30.5 Å². The van der Waals surface area contributed by atoms with Gasteiger partial charge in [-0.3, -0.25) is 4.79 Å². The fourth-order valence-electron chi connectivity index (χ4n) is 4.20. The quantitative estimate of drug-likeness (QED) is 0.682. The lowest BCUT2D eigenvalue weighted by Gasteiger charge is -2.37. The lowest BCUT2D eigenvalue weighted by molar-refractivity contribution is -0.123. The van der Waals surface area contributed by atoms with Crippen molar-refractivity contribution >= 4 is 17.6 Å². The number of carbonyl (C=O) groups is 2. The van der Waals surface area contributed by atoms with Gasteiger partial charge in [-0.25, -0.2) is 4.79 Å². The fraction of sp³-hybridized carbons (Fsp3) is 0.474. The number of methoxy groups -OCH3 is 1. The molecule has 4 nitrogen and oxygen atoms in total. The van der Waals surface area contributed by atoms with Crippen molar-refractivity contribution in [3.63, 3.8) is 0 Å². The van der Waals surface area contributed by atoms with Gasteiger partial charge in [-0.1, -0.05) is 26.0 Å². The zero-order chi connectivity index (χ0) is 16.8. The molecule has 0 aromatic heterocycles. The maximum Gasteiger partial charge on any atom is 0.337 e. The maximum absolute atomic E-state index is 12.9. The van der Waals surface area contributed by atoms with Gasteiger partial charge in [0.15, 0.2) is 0 Å². The molecule has 3 rings (SSSR count). The highest BCUT2D eigenvalue weighted by Gasteiger charge is 2.60. The van der Waals surface area contributed by atoms with Crippen molar-refractivity contribution in [2.75, 3.05) is 12.4 Å². The predicted octanol–water partition coefficient (Wildman–Crippen LogP) is 3.79. The number of ether oxygens (including phenoxy) is 1. The van der Waals surface area contributed by atoms with Gasteiger partial charge in [0.05, 0.1) is 18.1 Å². The van der Waals surface area contributed by atoms with Gasteiger partial charge in [-0.15, -0.1) is 0 Å². The first-order valence-corrected chi connectivity index (χ1v) is 8.01. The number of rotatable bonds is 3. The minimum absolute atomic E-state index is 0.0291. The van der Waals surface area contributed by atoms with E-state index in [4.69, 9.17) is 0 Å². The van der Waals surface area contributed by atoms with Crippen LogP contribution in [-0.4, -0.2) is 19.0 Å². The zero-order valence-corrected chi connectivity index (χ0v) is 13.9. The van der Waals surface area contributed by atoms with Crippen LogP contribution in [0.1, 0.15) is 43.5 Å². The van der Waals surface area contributed by atoms with Gasteiger partial charge in [0.25, 0.3) is 0 Å². The summed E-state index contributed by atoms with van der Waals surface area (Å²) in [6, 6.07) is 6.78. The molecule has 1 amide bonds. The van der Waals surface area contributed by atoms with E-state index >= 15 is 0 Å². The fourth-order valence-corrected chi connectivity index (χ4v) is 4.20. The van der Waals surface area contributed by atoms with Crippen LogP contribution in [0.5, 0.6) is 0 Å². The molecule has 1 aromatic rings. The van der Waals surface area contributed by atoms with Gasteiger partial charge < -0.3 is 10.1 Å². The number of fused-ring (bicyclic) bond motifs is 2.